The summed E-state index contributed by atoms with van der Waals surface area (Å²) < 4.78 is 16.7. The molecular formula is C18H21FN6O. The number of imidazole rings is 1. The molecule has 0 N–H and O–H groups in total. The Morgan fingerprint density at radius 3 is 2.65 bits per heavy atom. The smallest absolute Gasteiger partial charge is 0.266 e. The van der Waals surface area contributed by atoms with Crippen molar-refractivity contribution in [3.63, 3.8) is 0 Å². The largest absolute Gasteiger partial charge is 0.353 e. The van der Waals surface area contributed by atoms with Crippen LogP contribution in [0.2, 0.25) is 0 Å². The summed E-state index contributed by atoms with van der Waals surface area (Å²) in [6.07, 6.45) is 1.77. The van der Waals surface area contributed by atoms with Gasteiger partial charge in [0.1, 0.15) is 11.6 Å². The average molecular weight is 356 g/mol. The highest BCUT2D eigenvalue weighted by molar-refractivity contribution is 5.75. The summed E-state index contributed by atoms with van der Waals surface area (Å²) >= 11 is 0. The first-order chi connectivity index (χ1) is 12.6. The van der Waals surface area contributed by atoms with E-state index in [0.717, 1.165) is 50.6 Å². The number of anilines is 1. The molecule has 0 radical (unpaired) electrons. The van der Waals surface area contributed by atoms with E-state index in [1.54, 1.807) is 31.6 Å². The predicted molar refractivity (Wildman–Crippen MR) is 97.8 cm³/mol. The molecule has 1 aromatic carbocycles. The fraction of sp³-hybridized carbons (Fsp3) is 0.389. The summed E-state index contributed by atoms with van der Waals surface area (Å²) in [6.45, 7) is 5.36. The summed E-state index contributed by atoms with van der Waals surface area (Å²) in [6, 6.07) is 8.06. The molecule has 3 heterocycles. The van der Waals surface area contributed by atoms with Gasteiger partial charge in [0.05, 0.1) is 17.4 Å². The number of piperazine rings is 1. The third-order valence-corrected chi connectivity index (χ3v) is 4.88. The quantitative estimate of drug-likeness (QED) is 0.700. The fourth-order valence-corrected chi connectivity index (χ4v) is 3.32. The summed E-state index contributed by atoms with van der Waals surface area (Å²) in [5.74, 6) is 0.584. The summed E-state index contributed by atoms with van der Waals surface area (Å²) in [4.78, 5) is 20.3. The van der Waals surface area contributed by atoms with Crippen LogP contribution in [0.4, 0.5) is 10.2 Å². The summed E-state index contributed by atoms with van der Waals surface area (Å²) in [5.41, 5.74) is 1.55. The maximum Gasteiger partial charge on any atom is 0.266 e. The van der Waals surface area contributed by atoms with E-state index in [-0.39, 0.29) is 11.4 Å². The number of nitrogens with zero attached hydrogens (tertiary/aromatic N) is 6. The van der Waals surface area contributed by atoms with E-state index < -0.39 is 0 Å². The highest BCUT2D eigenvalue weighted by atomic mass is 19.1. The zero-order chi connectivity index (χ0) is 18.1. The van der Waals surface area contributed by atoms with Crippen LogP contribution in [0, 0.1) is 5.82 Å². The molecule has 0 amide bonds. The van der Waals surface area contributed by atoms with E-state index in [0.29, 0.717) is 5.52 Å². The molecular weight excluding hydrogens is 335 g/mol. The third kappa shape index (κ3) is 3.32. The van der Waals surface area contributed by atoms with E-state index >= 15 is 0 Å². The topological polar surface area (TPSA) is 59.2 Å². The van der Waals surface area contributed by atoms with Gasteiger partial charge in [0.15, 0.2) is 0 Å². The maximum absolute atomic E-state index is 13.3. The second kappa shape index (κ2) is 6.87. The van der Waals surface area contributed by atoms with Crippen LogP contribution in [-0.2, 0) is 13.6 Å². The minimum atomic E-state index is -0.258. The normalized spacial score (nSPS) is 15.7. The van der Waals surface area contributed by atoms with Crippen molar-refractivity contribution in [3.8, 4) is 0 Å². The number of fused-ring (bicyclic) bond motifs is 1. The molecule has 8 heteroatoms. The molecule has 26 heavy (non-hydrogen) atoms. The molecule has 2 aromatic heterocycles. The summed E-state index contributed by atoms with van der Waals surface area (Å²) in [7, 11) is 1.67. The zero-order valence-electron chi connectivity index (χ0n) is 14.7. The minimum Gasteiger partial charge on any atom is -0.353 e. The van der Waals surface area contributed by atoms with Crippen LogP contribution < -0.4 is 10.5 Å². The van der Waals surface area contributed by atoms with Crippen molar-refractivity contribution in [3.05, 3.63) is 52.8 Å². The van der Waals surface area contributed by atoms with Crippen LogP contribution in [0.1, 0.15) is 0 Å². The molecule has 0 atom stereocenters. The Morgan fingerprint density at radius 1 is 1.08 bits per heavy atom. The standard InChI is InChI=1S/C18H21FN6O/c1-22-18(26)5-4-17(21-22)24-9-6-23(7-10-24)8-11-25-13-20-15-12-14(19)2-3-16(15)25/h2-5,12-13H,6-11H2,1H3. The lowest BCUT2D eigenvalue weighted by atomic mass is 10.3. The number of aromatic nitrogens is 4. The van der Waals surface area contributed by atoms with Gasteiger partial charge in [0.25, 0.3) is 5.56 Å². The van der Waals surface area contributed by atoms with Crippen LogP contribution in [0.15, 0.2) is 41.5 Å². The highest BCUT2D eigenvalue weighted by Crippen LogP contribution is 2.15. The lowest BCUT2D eigenvalue weighted by Gasteiger charge is -2.35. The molecule has 0 bridgehead atoms. The second-order valence-corrected chi connectivity index (χ2v) is 6.55. The minimum absolute atomic E-state index is 0.0974. The van der Waals surface area contributed by atoms with Gasteiger partial charge in [-0.3, -0.25) is 9.69 Å². The average Bonchev–Trinajstić information content (AvgIpc) is 3.05. The Balaban J connectivity index is 1.35. The Morgan fingerprint density at radius 2 is 1.88 bits per heavy atom. The molecule has 0 saturated carbocycles. The monoisotopic (exact) mass is 356 g/mol. The van der Waals surface area contributed by atoms with Gasteiger partial charge < -0.3 is 9.47 Å². The van der Waals surface area contributed by atoms with Gasteiger partial charge in [0.2, 0.25) is 0 Å². The first-order valence-electron chi connectivity index (χ1n) is 8.72. The Labute approximate surface area is 150 Å². The first-order valence-corrected chi connectivity index (χ1v) is 8.72. The molecule has 0 aliphatic carbocycles. The first kappa shape index (κ1) is 16.7. The molecule has 3 aromatic rings. The van der Waals surface area contributed by atoms with Gasteiger partial charge in [0, 0.05) is 58.4 Å². The molecule has 1 saturated heterocycles. The van der Waals surface area contributed by atoms with Crippen LogP contribution in [-0.4, -0.2) is 57.0 Å². The fourth-order valence-electron chi connectivity index (χ4n) is 3.32. The molecule has 7 nitrogen and oxygen atoms in total. The molecule has 4 rings (SSSR count). The Hall–Kier alpha value is -2.74. The number of halogens is 1. The second-order valence-electron chi connectivity index (χ2n) is 6.55. The Bertz CT molecular complexity index is 973. The molecule has 0 unspecified atom stereocenters. The highest BCUT2D eigenvalue weighted by Gasteiger charge is 2.18. The van der Waals surface area contributed by atoms with Crippen LogP contribution in [0.5, 0.6) is 0 Å². The summed E-state index contributed by atoms with van der Waals surface area (Å²) in [5, 5.41) is 4.32. The number of hydrogen-bond acceptors (Lipinski definition) is 5. The van der Waals surface area contributed by atoms with Gasteiger partial charge in [-0.15, -0.1) is 0 Å². The van der Waals surface area contributed by atoms with Crippen LogP contribution in [0.25, 0.3) is 11.0 Å². The number of benzene rings is 1. The number of hydrogen-bond donors (Lipinski definition) is 0. The zero-order valence-corrected chi connectivity index (χ0v) is 14.7. The predicted octanol–water partition coefficient (Wildman–Crippen LogP) is 1.09. The van der Waals surface area contributed by atoms with Gasteiger partial charge in [-0.1, -0.05) is 0 Å². The number of aryl methyl sites for hydroxylation is 1. The van der Waals surface area contributed by atoms with E-state index in [2.05, 4.69) is 24.4 Å². The van der Waals surface area contributed by atoms with Crippen LogP contribution >= 0.6 is 0 Å². The van der Waals surface area contributed by atoms with Crippen molar-refractivity contribution in [2.45, 2.75) is 6.54 Å². The number of rotatable bonds is 4. The van der Waals surface area contributed by atoms with Crippen molar-refractivity contribution >= 4 is 16.9 Å². The lowest BCUT2D eigenvalue weighted by molar-refractivity contribution is 0.248. The van der Waals surface area contributed by atoms with Crippen molar-refractivity contribution in [2.24, 2.45) is 7.05 Å². The van der Waals surface area contributed by atoms with Crippen molar-refractivity contribution < 1.29 is 4.39 Å². The molecule has 1 aliphatic rings. The van der Waals surface area contributed by atoms with Crippen molar-refractivity contribution in [1.82, 2.24) is 24.2 Å². The maximum atomic E-state index is 13.3. The van der Waals surface area contributed by atoms with Crippen LogP contribution in [0.3, 0.4) is 0 Å². The molecule has 1 aliphatic heterocycles. The van der Waals surface area contributed by atoms with E-state index in [9.17, 15) is 9.18 Å². The van der Waals surface area contributed by atoms with E-state index in [4.69, 9.17) is 0 Å². The van der Waals surface area contributed by atoms with E-state index in [1.165, 1.54) is 16.8 Å². The van der Waals surface area contributed by atoms with Gasteiger partial charge >= 0.3 is 0 Å². The van der Waals surface area contributed by atoms with E-state index in [1.807, 2.05) is 0 Å². The van der Waals surface area contributed by atoms with Gasteiger partial charge in [-0.2, -0.15) is 5.10 Å². The molecule has 1 fully saturated rings. The molecule has 136 valence electrons. The Kier molecular flexibility index (Phi) is 4.42. The van der Waals surface area contributed by atoms with Gasteiger partial charge in [-0.05, 0) is 18.2 Å². The SMILES string of the molecule is Cn1nc(N2CCN(CCn3cnc4cc(F)ccc43)CC2)ccc1=O. The lowest BCUT2D eigenvalue weighted by Crippen LogP contribution is -2.47. The van der Waals surface area contributed by atoms with Crippen molar-refractivity contribution in [1.29, 1.82) is 0 Å². The molecule has 0 spiro atoms. The van der Waals surface area contributed by atoms with Crippen molar-refractivity contribution in [2.75, 3.05) is 37.6 Å². The third-order valence-electron chi connectivity index (χ3n) is 4.88. The van der Waals surface area contributed by atoms with Gasteiger partial charge in [-0.25, -0.2) is 14.1 Å².